The number of hydrogen-bond donors (Lipinski definition) is 1. The van der Waals surface area contributed by atoms with E-state index in [4.69, 9.17) is 0 Å². The van der Waals surface area contributed by atoms with Crippen LogP contribution in [0.25, 0.3) is 0 Å². The number of amides is 1. The van der Waals surface area contributed by atoms with Crippen LogP contribution in [0.5, 0.6) is 0 Å². The molecule has 1 fully saturated rings. The van der Waals surface area contributed by atoms with Crippen LogP contribution in [-0.2, 0) is 4.79 Å². The highest BCUT2D eigenvalue weighted by molar-refractivity contribution is 9.10. The van der Waals surface area contributed by atoms with E-state index < -0.39 is 0 Å². The molecule has 1 atom stereocenters. The molecular weight excluding hydrogens is 282 g/mol. The topological polar surface area (TPSA) is 45.2 Å². The van der Waals surface area contributed by atoms with Gasteiger partial charge in [-0.15, -0.1) is 0 Å². The summed E-state index contributed by atoms with van der Waals surface area (Å²) in [6.07, 6.45) is 3.36. The number of likely N-dealkylation sites (tertiary alicyclic amines) is 1. The molecule has 5 heteroatoms. The Morgan fingerprint density at radius 1 is 1.71 bits per heavy atom. The Morgan fingerprint density at radius 3 is 3.18 bits per heavy atom. The van der Waals surface area contributed by atoms with Crippen molar-refractivity contribution < 1.29 is 4.79 Å². The second kappa shape index (κ2) is 5.60. The Bertz CT molecular complexity index is 410. The van der Waals surface area contributed by atoms with E-state index in [9.17, 15) is 4.79 Å². The number of halogens is 1. The van der Waals surface area contributed by atoms with Crippen molar-refractivity contribution in [3.05, 3.63) is 22.8 Å². The van der Waals surface area contributed by atoms with E-state index >= 15 is 0 Å². The van der Waals surface area contributed by atoms with Crippen LogP contribution in [0.2, 0.25) is 0 Å². The molecule has 2 rings (SSSR count). The lowest BCUT2D eigenvalue weighted by atomic mass is 10.0. The van der Waals surface area contributed by atoms with Gasteiger partial charge in [-0.1, -0.05) is 15.9 Å². The lowest BCUT2D eigenvalue weighted by Crippen LogP contribution is -2.19. The molecule has 0 bridgehead atoms. The molecule has 0 aliphatic carbocycles. The maximum Gasteiger partial charge on any atom is 0.225 e. The number of carbonyl (C=O) groups is 1. The Labute approximate surface area is 110 Å². The van der Waals surface area contributed by atoms with E-state index in [2.05, 4.69) is 38.2 Å². The molecule has 0 aromatic carbocycles. The van der Waals surface area contributed by atoms with Gasteiger partial charge in [-0.3, -0.25) is 4.79 Å². The van der Waals surface area contributed by atoms with Crippen LogP contribution in [0.3, 0.4) is 0 Å². The van der Waals surface area contributed by atoms with Gasteiger partial charge in [0, 0.05) is 23.6 Å². The molecule has 92 valence electrons. The number of nitrogens with zero attached hydrogens (tertiary/aromatic N) is 2. The quantitative estimate of drug-likeness (QED) is 0.929. The Hall–Kier alpha value is -0.940. The van der Waals surface area contributed by atoms with Gasteiger partial charge in [-0.25, -0.2) is 4.98 Å². The lowest BCUT2D eigenvalue weighted by Gasteiger charge is -2.10. The molecule has 1 unspecified atom stereocenters. The molecular formula is C12H16BrN3O. The van der Waals surface area contributed by atoms with Crippen LogP contribution in [0.1, 0.15) is 12.8 Å². The van der Waals surface area contributed by atoms with Crippen molar-refractivity contribution in [1.82, 2.24) is 9.88 Å². The fourth-order valence-corrected chi connectivity index (χ4v) is 2.46. The van der Waals surface area contributed by atoms with Crippen molar-refractivity contribution in [3.8, 4) is 0 Å². The molecule has 1 aromatic heterocycles. The van der Waals surface area contributed by atoms with Crippen molar-refractivity contribution in [2.75, 3.05) is 25.5 Å². The Balaban J connectivity index is 1.85. The molecule has 1 aliphatic heterocycles. The predicted octanol–water partition coefficient (Wildman–Crippen LogP) is 2.12. The highest BCUT2D eigenvalue weighted by Gasteiger charge is 2.22. The highest BCUT2D eigenvalue weighted by Crippen LogP contribution is 2.19. The fraction of sp³-hybridized carbons (Fsp3) is 0.500. The minimum Gasteiger partial charge on any atom is -0.311 e. The van der Waals surface area contributed by atoms with Crippen LogP contribution in [0, 0.1) is 5.92 Å². The molecule has 17 heavy (non-hydrogen) atoms. The van der Waals surface area contributed by atoms with Gasteiger partial charge in [0.15, 0.2) is 0 Å². The number of hydrogen-bond acceptors (Lipinski definition) is 3. The summed E-state index contributed by atoms with van der Waals surface area (Å²) in [4.78, 5) is 18.2. The minimum absolute atomic E-state index is 0.0518. The summed E-state index contributed by atoms with van der Waals surface area (Å²) in [5, 5.41) is 2.83. The minimum atomic E-state index is 0.0518. The van der Waals surface area contributed by atoms with E-state index in [1.807, 2.05) is 6.07 Å². The average Bonchev–Trinajstić information content (AvgIpc) is 2.63. The van der Waals surface area contributed by atoms with Crippen LogP contribution in [0.15, 0.2) is 22.8 Å². The monoisotopic (exact) mass is 297 g/mol. The van der Waals surface area contributed by atoms with Gasteiger partial charge in [0.2, 0.25) is 5.91 Å². The molecule has 1 N–H and O–H groups in total. The fourth-order valence-electron chi connectivity index (χ4n) is 2.12. The van der Waals surface area contributed by atoms with Crippen molar-refractivity contribution in [3.63, 3.8) is 0 Å². The summed E-state index contributed by atoms with van der Waals surface area (Å²) in [5.74, 6) is 1.14. The summed E-state index contributed by atoms with van der Waals surface area (Å²) in [6.45, 7) is 2.10. The van der Waals surface area contributed by atoms with Crippen molar-refractivity contribution in [2.45, 2.75) is 12.8 Å². The first-order valence-electron chi connectivity index (χ1n) is 5.73. The standard InChI is InChI=1S/C12H16BrN3O/c1-16-5-3-9(8-16)6-12(17)15-11-7-10(13)2-4-14-11/h2,4,7,9H,3,5-6,8H2,1H3,(H,14,15,17). The number of pyridine rings is 1. The maximum absolute atomic E-state index is 11.8. The second-order valence-electron chi connectivity index (χ2n) is 4.53. The molecule has 1 aromatic rings. The molecule has 2 heterocycles. The molecule has 4 nitrogen and oxygen atoms in total. The highest BCUT2D eigenvalue weighted by atomic mass is 79.9. The molecule has 1 amide bonds. The molecule has 1 aliphatic rings. The first-order chi connectivity index (χ1) is 8.13. The average molecular weight is 298 g/mol. The van der Waals surface area contributed by atoms with Gasteiger partial charge in [-0.05, 0) is 38.1 Å². The third-order valence-corrected chi connectivity index (χ3v) is 3.45. The van der Waals surface area contributed by atoms with Crippen LogP contribution < -0.4 is 5.32 Å². The zero-order valence-electron chi connectivity index (χ0n) is 9.82. The lowest BCUT2D eigenvalue weighted by molar-refractivity contribution is -0.117. The Kier molecular flexibility index (Phi) is 4.12. The smallest absolute Gasteiger partial charge is 0.225 e. The van der Waals surface area contributed by atoms with E-state index in [0.29, 0.717) is 18.2 Å². The molecule has 0 radical (unpaired) electrons. The summed E-state index contributed by atoms with van der Waals surface area (Å²) < 4.78 is 0.920. The third kappa shape index (κ3) is 3.78. The van der Waals surface area contributed by atoms with Gasteiger partial charge in [0.05, 0.1) is 0 Å². The van der Waals surface area contributed by atoms with Crippen molar-refractivity contribution in [2.24, 2.45) is 5.92 Å². The summed E-state index contributed by atoms with van der Waals surface area (Å²) in [6, 6.07) is 3.64. The summed E-state index contributed by atoms with van der Waals surface area (Å²) in [5.41, 5.74) is 0. The van der Waals surface area contributed by atoms with E-state index in [0.717, 1.165) is 24.0 Å². The summed E-state index contributed by atoms with van der Waals surface area (Å²) >= 11 is 3.35. The first kappa shape index (κ1) is 12.5. The predicted molar refractivity (Wildman–Crippen MR) is 70.8 cm³/mol. The Morgan fingerprint density at radius 2 is 2.53 bits per heavy atom. The largest absolute Gasteiger partial charge is 0.311 e. The van der Waals surface area contributed by atoms with Gasteiger partial charge >= 0.3 is 0 Å². The van der Waals surface area contributed by atoms with Gasteiger partial charge in [-0.2, -0.15) is 0 Å². The zero-order chi connectivity index (χ0) is 12.3. The van der Waals surface area contributed by atoms with E-state index in [1.54, 1.807) is 12.3 Å². The number of rotatable bonds is 3. The number of anilines is 1. The number of carbonyl (C=O) groups excluding carboxylic acids is 1. The van der Waals surface area contributed by atoms with Crippen LogP contribution in [0.4, 0.5) is 5.82 Å². The zero-order valence-corrected chi connectivity index (χ0v) is 11.4. The van der Waals surface area contributed by atoms with Crippen molar-refractivity contribution in [1.29, 1.82) is 0 Å². The van der Waals surface area contributed by atoms with Crippen LogP contribution >= 0.6 is 15.9 Å². The SMILES string of the molecule is CN1CCC(CC(=O)Nc2cc(Br)ccn2)C1. The molecule has 1 saturated heterocycles. The molecule has 0 spiro atoms. The van der Waals surface area contributed by atoms with E-state index in [-0.39, 0.29) is 5.91 Å². The molecule has 0 saturated carbocycles. The van der Waals surface area contributed by atoms with Crippen LogP contribution in [-0.4, -0.2) is 35.9 Å². The second-order valence-corrected chi connectivity index (χ2v) is 5.44. The summed E-state index contributed by atoms with van der Waals surface area (Å²) in [7, 11) is 2.09. The number of nitrogens with one attached hydrogen (secondary N) is 1. The maximum atomic E-state index is 11.8. The van der Waals surface area contributed by atoms with Gasteiger partial charge in [0.1, 0.15) is 5.82 Å². The third-order valence-electron chi connectivity index (χ3n) is 2.95. The number of aromatic nitrogens is 1. The first-order valence-corrected chi connectivity index (χ1v) is 6.53. The van der Waals surface area contributed by atoms with Gasteiger partial charge in [0.25, 0.3) is 0 Å². The van der Waals surface area contributed by atoms with Crippen molar-refractivity contribution >= 4 is 27.7 Å². The van der Waals surface area contributed by atoms with Gasteiger partial charge < -0.3 is 10.2 Å². The van der Waals surface area contributed by atoms with E-state index in [1.165, 1.54) is 0 Å². The normalized spacial score (nSPS) is 20.5.